The van der Waals surface area contributed by atoms with Gasteiger partial charge in [-0.3, -0.25) is 14.8 Å². The molecule has 0 bridgehead atoms. The molecule has 0 unspecified atom stereocenters. The molecule has 5 nitrogen and oxygen atoms in total. The Balaban J connectivity index is 1.80. The molecule has 0 aliphatic rings. The molecule has 3 N–H and O–H groups in total. The van der Waals surface area contributed by atoms with E-state index in [1.807, 2.05) is 0 Å². The molecule has 0 aromatic heterocycles. The van der Waals surface area contributed by atoms with Crippen LogP contribution in [-0.2, 0) is 6.18 Å². The molecule has 0 radical (unpaired) electrons. The van der Waals surface area contributed by atoms with Crippen LogP contribution in [0.2, 0.25) is 0 Å². The lowest BCUT2D eigenvalue weighted by molar-refractivity contribution is -0.137. The predicted octanol–water partition coefficient (Wildman–Crippen LogP) is 4.74. The first kappa shape index (κ1) is 20.1. The Bertz CT molecular complexity index is 1050. The van der Waals surface area contributed by atoms with Crippen LogP contribution in [0.3, 0.4) is 0 Å². The predicted molar refractivity (Wildman–Crippen MR) is 101 cm³/mol. The highest BCUT2D eigenvalue weighted by Crippen LogP contribution is 2.30. The molecule has 29 heavy (non-hydrogen) atoms. The second-order valence-electron chi connectivity index (χ2n) is 6.13. The number of alkyl halides is 3. The normalized spacial score (nSPS) is 11.0. The molecular weight excluding hydrogens is 385 g/mol. The van der Waals surface area contributed by atoms with Crippen molar-refractivity contribution in [3.8, 4) is 11.1 Å². The van der Waals surface area contributed by atoms with Crippen molar-refractivity contribution in [1.82, 2.24) is 5.48 Å². The number of carbonyl (C=O) groups excluding carboxylic acids is 2. The summed E-state index contributed by atoms with van der Waals surface area (Å²) in [5.74, 6) is -1.30. The van der Waals surface area contributed by atoms with Crippen molar-refractivity contribution in [3.63, 3.8) is 0 Å². The second kappa shape index (κ2) is 8.15. The minimum absolute atomic E-state index is 0.107. The molecule has 0 atom stereocenters. The summed E-state index contributed by atoms with van der Waals surface area (Å²) in [6.45, 7) is 0. The lowest BCUT2D eigenvalue weighted by Gasteiger charge is -2.10. The molecule has 0 saturated carbocycles. The van der Waals surface area contributed by atoms with Crippen molar-refractivity contribution in [2.75, 3.05) is 5.32 Å². The fourth-order valence-electron chi connectivity index (χ4n) is 2.70. The number of nitrogens with one attached hydrogen (secondary N) is 2. The molecule has 3 aromatic carbocycles. The van der Waals surface area contributed by atoms with Crippen LogP contribution < -0.4 is 10.8 Å². The lowest BCUT2D eigenvalue weighted by atomic mass is 10.0. The molecule has 0 aliphatic heterocycles. The van der Waals surface area contributed by atoms with Gasteiger partial charge in [-0.25, -0.2) is 5.48 Å². The minimum atomic E-state index is -4.53. The summed E-state index contributed by atoms with van der Waals surface area (Å²) in [5, 5.41) is 11.2. The van der Waals surface area contributed by atoms with Crippen molar-refractivity contribution in [3.05, 3.63) is 89.5 Å². The quantitative estimate of drug-likeness (QED) is 0.437. The minimum Gasteiger partial charge on any atom is -0.322 e. The van der Waals surface area contributed by atoms with Gasteiger partial charge >= 0.3 is 6.18 Å². The molecule has 8 heteroatoms. The molecular formula is C21H15F3N2O3. The van der Waals surface area contributed by atoms with Crippen LogP contribution in [0.25, 0.3) is 11.1 Å². The topological polar surface area (TPSA) is 78.4 Å². The maximum Gasteiger partial charge on any atom is 0.416 e. The first-order valence-electron chi connectivity index (χ1n) is 8.41. The maximum absolute atomic E-state index is 12.8. The number of hydrogen-bond acceptors (Lipinski definition) is 3. The van der Waals surface area contributed by atoms with E-state index in [0.29, 0.717) is 5.69 Å². The molecule has 0 spiro atoms. The molecule has 148 valence electrons. The van der Waals surface area contributed by atoms with E-state index in [1.165, 1.54) is 24.3 Å². The van der Waals surface area contributed by atoms with E-state index in [9.17, 15) is 22.8 Å². The van der Waals surface area contributed by atoms with E-state index < -0.39 is 23.6 Å². The second-order valence-corrected chi connectivity index (χ2v) is 6.13. The smallest absolute Gasteiger partial charge is 0.322 e. The van der Waals surface area contributed by atoms with E-state index in [1.54, 1.807) is 41.9 Å². The van der Waals surface area contributed by atoms with Crippen LogP contribution in [0.1, 0.15) is 26.3 Å². The van der Waals surface area contributed by atoms with E-state index in [2.05, 4.69) is 5.32 Å². The van der Waals surface area contributed by atoms with Gasteiger partial charge in [0.2, 0.25) is 0 Å². The van der Waals surface area contributed by atoms with E-state index in [4.69, 9.17) is 5.21 Å². The monoisotopic (exact) mass is 400 g/mol. The zero-order chi connectivity index (χ0) is 21.0. The number of halogens is 3. The third-order valence-electron chi connectivity index (χ3n) is 4.15. The van der Waals surface area contributed by atoms with Crippen molar-refractivity contribution >= 4 is 17.5 Å². The first-order valence-corrected chi connectivity index (χ1v) is 8.41. The van der Waals surface area contributed by atoms with Crippen LogP contribution in [-0.4, -0.2) is 17.0 Å². The average Bonchev–Trinajstić information content (AvgIpc) is 2.73. The highest BCUT2D eigenvalue weighted by Gasteiger charge is 2.30. The highest BCUT2D eigenvalue weighted by molar-refractivity contribution is 6.04. The third-order valence-corrected chi connectivity index (χ3v) is 4.15. The van der Waals surface area contributed by atoms with Crippen LogP contribution in [0.5, 0.6) is 0 Å². The summed E-state index contributed by atoms with van der Waals surface area (Å²) in [4.78, 5) is 23.7. The summed E-state index contributed by atoms with van der Waals surface area (Å²) in [7, 11) is 0. The number of rotatable bonds is 4. The van der Waals surface area contributed by atoms with Crippen LogP contribution in [0.4, 0.5) is 18.9 Å². The van der Waals surface area contributed by atoms with E-state index in [0.717, 1.165) is 23.3 Å². The number of benzene rings is 3. The van der Waals surface area contributed by atoms with Crippen LogP contribution in [0, 0.1) is 0 Å². The lowest BCUT2D eigenvalue weighted by Crippen LogP contribution is -2.18. The highest BCUT2D eigenvalue weighted by atomic mass is 19.4. The Kier molecular flexibility index (Phi) is 5.65. The average molecular weight is 400 g/mol. The molecule has 3 rings (SSSR count). The molecule has 3 aromatic rings. The fourth-order valence-corrected chi connectivity index (χ4v) is 2.70. The summed E-state index contributed by atoms with van der Waals surface area (Å²) in [6.07, 6.45) is -4.53. The van der Waals surface area contributed by atoms with Gasteiger partial charge in [0.1, 0.15) is 0 Å². The van der Waals surface area contributed by atoms with Crippen LogP contribution in [0.15, 0.2) is 72.8 Å². The number of carbonyl (C=O) groups is 2. The van der Waals surface area contributed by atoms with Gasteiger partial charge in [0.25, 0.3) is 11.8 Å². The first-order chi connectivity index (χ1) is 13.8. The zero-order valence-electron chi connectivity index (χ0n) is 14.8. The Morgan fingerprint density at radius 1 is 0.759 bits per heavy atom. The largest absolute Gasteiger partial charge is 0.416 e. The Hall–Kier alpha value is -3.65. The summed E-state index contributed by atoms with van der Waals surface area (Å²) in [5.41, 5.74) is 2.68. The number of anilines is 1. The molecule has 0 fully saturated rings. The van der Waals surface area contributed by atoms with Gasteiger partial charge in [-0.05, 0) is 53.6 Å². The van der Waals surface area contributed by atoms with Gasteiger partial charge in [0, 0.05) is 16.8 Å². The third kappa shape index (κ3) is 4.80. The Morgan fingerprint density at radius 3 is 2.10 bits per heavy atom. The van der Waals surface area contributed by atoms with Gasteiger partial charge < -0.3 is 5.32 Å². The standard InChI is InChI=1S/C21H15F3N2O3/c22-21(23,24)17-5-1-4-16(11-17)19(27)25-18-6-2-3-15(12-18)13-7-9-14(10-8-13)20(28)26-29/h1-12,29H,(H,25,27)(H,26,28). The Morgan fingerprint density at radius 2 is 1.45 bits per heavy atom. The van der Waals surface area contributed by atoms with Crippen LogP contribution >= 0.6 is 0 Å². The summed E-state index contributed by atoms with van der Waals surface area (Å²) < 4.78 is 38.5. The van der Waals surface area contributed by atoms with E-state index >= 15 is 0 Å². The van der Waals surface area contributed by atoms with Gasteiger partial charge in [-0.1, -0.05) is 30.3 Å². The number of hydroxylamine groups is 1. The number of amides is 2. The fraction of sp³-hybridized carbons (Fsp3) is 0.0476. The van der Waals surface area contributed by atoms with Crippen molar-refractivity contribution in [2.45, 2.75) is 6.18 Å². The SMILES string of the molecule is O=C(NO)c1ccc(-c2cccc(NC(=O)c3cccc(C(F)(F)F)c3)c2)cc1. The molecule has 2 amide bonds. The summed E-state index contributed by atoms with van der Waals surface area (Å²) >= 11 is 0. The maximum atomic E-state index is 12.8. The van der Waals surface area contributed by atoms with Gasteiger partial charge in [0.15, 0.2) is 0 Å². The van der Waals surface area contributed by atoms with Gasteiger partial charge in [0.05, 0.1) is 5.56 Å². The van der Waals surface area contributed by atoms with Crippen molar-refractivity contribution in [1.29, 1.82) is 0 Å². The molecule has 0 heterocycles. The van der Waals surface area contributed by atoms with Crippen molar-refractivity contribution < 1.29 is 28.0 Å². The Labute approximate surface area is 163 Å². The van der Waals surface area contributed by atoms with Crippen molar-refractivity contribution in [2.24, 2.45) is 0 Å². The number of hydrogen-bond donors (Lipinski definition) is 3. The van der Waals surface area contributed by atoms with Gasteiger partial charge in [-0.2, -0.15) is 13.2 Å². The molecule has 0 saturated heterocycles. The van der Waals surface area contributed by atoms with E-state index in [-0.39, 0.29) is 11.1 Å². The van der Waals surface area contributed by atoms with Gasteiger partial charge in [-0.15, -0.1) is 0 Å². The molecule has 0 aliphatic carbocycles. The summed E-state index contributed by atoms with van der Waals surface area (Å²) in [6, 6.07) is 17.3. The zero-order valence-corrected chi connectivity index (χ0v) is 14.8.